The van der Waals surface area contributed by atoms with E-state index in [1.807, 2.05) is 43.3 Å². The average Bonchev–Trinajstić information content (AvgIpc) is 2.49. The molecule has 20 heavy (non-hydrogen) atoms. The fraction of sp³-hybridized carbons (Fsp3) is 0.312. The van der Waals surface area contributed by atoms with Crippen LogP contribution in [0.5, 0.6) is 0 Å². The Labute approximate surface area is 128 Å². The maximum Gasteiger partial charge on any atom is 0.102 e. The van der Waals surface area contributed by atoms with E-state index in [1.165, 1.54) is 0 Å². The summed E-state index contributed by atoms with van der Waals surface area (Å²) in [7, 11) is 0. The molecule has 0 saturated heterocycles. The van der Waals surface area contributed by atoms with Gasteiger partial charge in [0.05, 0.1) is 0 Å². The van der Waals surface area contributed by atoms with Gasteiger partial charge in [-0.05, 0) is 41.8 Å². The van der Waals surface area contributed by atoms with Gasteiger partial charge in [0, 0.05) is 30.0 Å². The molecule has 1 atom stereocenters. The van der Waals surface area contributed by atoms with E-state index in [0.29, 0.717) is 13.0 Å². The second kappa shape index (κ2) is 6.97. The highest BCUT2D eigenvalue weighted by Gasteiger charge is 2.26. The van der Waals surface area contributed by atoms with Crippen molar-refractivity contribution in [3.63, 3.8) is 0 Å². The Bertz CT molecular complexity index is 530. The molecule has 0 saturated carbocycles. The Morgan fingerprint density at radius 2 is 1.80 bits per heavy atom. The molecular formula is C16H19BrN2O. The van der Waals surface area contributed by atoms with Crippen molar-refractivity contribution < 1.29 is 5.11 Å². The minimum absolute atomic E-state index is 0.521. The van der Waals surface area contributed by atoms with Crippen LogP contribution in [0.2, 0.25) is 0 Å². The van der Waals surface area contributed by atoms with E-state index in [9.17, 15) is 5.11 Å². The summed E-state index contributed by atoms with van der Waals surface area (Å²) in [5.74, 6) is 0. The second-order valence-electron chi connectivity index (χ2n) is 4.85. The third-order valence-electron chi connectivity index (χ3n) is 3.46. The molecule has 2 rings (SSSR count). The lowest BCUT2D eigenvalue weighted by atomic mass is 9.91. The van der Waals surface area contributed by atoms with Crippen LogP contribution < -0.4 is 5.32 Å². The Morgan fingerprint density at radius 1 is 1.15 bits per heavy atom. The molecule has 0 bridgehead atoms. The smallest absolute Gasteiger partial charge is 0.102 e. The largest absolute Gasteiger partial charge is 0.384 e. The number of aromatic nitrogens is 1. The third-order valence-corrected chi connectivity index (χ3v) is 3.99. The maximum atomic E-state index is 10.8. The molecule has 2 N–H and O–H groups in total. The van der Waals surface area contributed by atoms with E-state index in [2.05, 4.69) is 26.2 Å². The van der Waals surface area contributed by atoms with Gasteiger partial charge in [-0.2, -0.15) is 0 Å². The fourth-order valence-electron chi connectivity index (χ4n) is 2.11. The standard InChI is InChI=1S/C16H19BrN2O/c1-2-16(20,14-3-5-15(17)6-4-14)12-19-11-13-7-9-18-10-8-13/h3-10,19-20H,2,11-12H2,1H3/t16-/m1/s1. The predicted molar refractivity (Wildman–Crippen MR) is 84.3 cm³/mol. The summed E-state index contributed by atoms with van der Waals surface area (Å²) in [4.78, 5) is 3.99. The molecule has 0 aliphatic carbocycles. The predicted octanol–water partition coefficient (Wildman–Crippen LogP) is 3.23. The van der Waals surface area contributed by atoms with Gasteiger partial charge in [0.25, 0.3) is 0 Å². The number of nitrogens with one attached hydrogen (secondary N) is 1. The van der Waals surface area contributed by atoms with Gasteiger partial charge in [0.1, 0.15) is 5.60 Å². The Balaban J connectivity index is 1.99. The summed E-state index contributed by atoms with van der Waals surface area (Å²) in [5.41, 5.74) is 1.26. The summed E-state index contributed by atoms with van der Waals surface area (Å²) in [6.07, 6.45) is 4.22. The van der Waals surface area contributed by atoms with Gasteiger partial charge in [0.2, 0.25) is 0 Å². The van der Waals surface area contributed by atoms with E-state index in [4.69, 9.17) is 0 Å². The summed E-state index contributed by atoms with van der Waals surface area (Å²) in [6, 6.07) is 11.8. The average molecular weight is 335 g/mol. The number of benzene rings is 1. The van der Waals surface area contributed by atoms with Crippen LogP contribution in [0.3, 0.4) is 0 Å². The molecule has 0 unspecified atom stereocenters. The lowest BCUT2D eigenvalue weighted by molar-refractivity contribution is 0.0323. The molecule has 0 aliphatic heterocycles. The van der Waals surface area contributed by atoms with Crippen molar-refractivity contribution in [3.8, 4) is 0 Å². The van der Waals surface area contributed by atoms with E-state index >= 15 is 0 Å². The number of aliphatic hydroxyl groups is 1. The van der Waals surface area contributed by atoms with Crippen molar-refractivity contribution in [2.24, 2.45) is 0 Å². The first-order valence-electron chi connectivity index (χ1n) is 6.72. The molecule has 0 fully saturated rings. The SMILES string of the molecule is CC[C@@](O)(CNCc1ccncc1)c1ccc(Br)cc1. The van der Waals surface area contributed by atoms with Gasteiger partial charge in [-0.25, -0.2) is 0 Å². The molecule has 1 aromatic carbocycles. The first kappa shape index (κ1) is 15.2. The van der Waals surface area contributed by atoms with Crippen LogP contribution in [0.1, 0.15) is 24.5 Å². The lowest BCUT2D eigenvalue weighted by Gasteiger charge is -2.28. The Morgan fingerprint density at radius 3 is 2.40 bits per heavy atom. The third kappa shape index (κ3) is 3.88. The maximum absolute atomic E-state index is 10.8. The van der Waals surface area contributed by atoms with Crippen LogP contribution >= 0.6 is 15.9 Å². The van der Waals surface area contributed by atoms with Crippen LogP contribution in [0.25, 0.3) is 0 Å². The van der Waals surface area contributed by atoms with Crippen LogP contribution in [0, 0.1) is 0 Å². The zero-order valence-electron chi connectivity index (χ0n) is 11.5. The zero-order valence-corrected chi connectivity index (χ0v) is 13.1. The van der Waals surface area contributed by atoms with Gasteiger partial charge in [-0.15, -0.1) is 0 Å². The highest BCUT2D eigenvalue weighted by atomic mass is 79.9. The van der Waals surface area contributed by atoms with Gasteiger partial charge in [-0.1, -0.05) is 35.0 Å². The molecule has 1 aromatic heterocycles. The molecule has 2 aromatic rings. The minimum atomic E-state index is -0.840. The van der Waals surface area contributed by atoms with E-state index in [1.54, 1.807) is 12.4 Å². The molecule has 4 heteroatoms. The highest BCUT2D eigenvalue weighted by molar-refractivity contribution is 9.10. The van der Waals surface area contributed by atoms with Crippen molar-refractivity contribution in [1.82, 2.24) is 10.3 Å². The monoisotopic (exact) mass is 334 g/mol. The number of halogens is 1. The number of hydrogen-bond acceptors (Lipinski definition) is 3. The molecule has 1 heterocycles. The topological polar surface area (TPSA) is 45.1 Å². The summed E-state index contributed by atoms with van der Waals surface area (Å²) in [5, 5.41) is 14.1. The highest BCUT2D eigenvalue weighted by Crippen LogP contribution is 2.25. The first-order chi connectivity index (χ1) is 9.64. The fourth-order valence-corrected chi connectivity index (χ4v) is 2.37. The van der Waals surface area contributed by atoms with Crippen molar-refractivity contribution in [1.29, 1.82) is 0 Å². The van der Waals surface area contributed by atoms with Crippen LogP contribution in [-0.2, 0) is 12.1 Å². The van der Waals surface area contributed by atoms with Gasteiger partial charge >= 0.3 is 0 Å². The Kier molecular flexibility index (Phi) is 5.29. The van der Waals surface area contributed by atoms with Crippen molar-refractivity contribution in [2.45, 2.75) is 25.5 Å². The number of nitrogens with zero attached hydrogens (tertiary/aromatic N) is 1. The normalized spacial score (nSPS) is 13.9. The summed E-state index contributed by atoms with van der Waals surface area (Å²) < 4.78 is 1.02. The quantitative estimate of drug-likeness (QED) is 0.852. The van der Waals surface area contributed by atoms with E-state index in [-0.39, 0.29) is 0 Å². The van der Waals surface area contributed by atoms with Crippen LogP contribution in [0.4, 0.5) is 0 Å². The molecule has 0 radical (unpaired) electrons. The van der Waals surface area contributed by atoms with Crippen molar-refractivity contribution >= 4 is 15.9 Å². The lowest BCUT2D eigenvalue weighted by Crippen LogP contribution is -2.37. The molecule has 0 aliphatic rings. The van der Waals surface area contributed by atoms with E-state index in [0.717, 1.165) is 22.1 Å². The minimum Gasteiger partial charge on any atom is -0.384 e. The zero-order chi connectivity index (χ0) is 14.4. The van der Waals surface area contributed by atoms with Gasteiger partial charge in [-0.3, -0.25) is 4.98 Å². The number of rotatable bonds is 6. The summed E-state index contributed by atoms with van der Waals surface area (Å²) >= 11 is 3.41. The molecule has 106 valence electrons. The molecular weight excluding hydrogens is 316 g/mol. The second-order valence-corrected chi connectivity index (χ2v) is 5.77. The van der Waals surface area contributed by atoms with E-state index < -0.39 is 5.60 Å². The molecule has 0 spiro atoms. The van der Waals surface area contributed by atoms with Crippen molar-refractivity contribution in [3.05, 3.63) is 64.4 Å². The van der Waals surface area contributed by atoms with Crippen LogP contribution in [0.15, 0.2) is 53.3 Å². The van der Waals surface area contributed by atoms with Crippen LogP contribution in [-0.4, -0.2) is 16.6 Å². The van der Waals surface area contributed by atoms with Gasteiger partial charge < -0.3 is 10.4 Å². The van der Waals surface area contributed by atoms with Gasteiger partial charge in [0.15, 0.2) is 0 Å². The number of hydrogen-bond donors (Lipinski definition) is 2. The Hall–Kier alpha value is -1.23. The van der Waals surface area contributed by atoms with Crippen molar-refractivity contribution in [2.75, 3.05) is 6.54 Å². The molecule has 3 nitrogen and oxygen atoms in total. The summed E-state index contributed by atoms with van der Waals surface area (Å²) in [6.45, 7) is 3.24. The molecule has 0 amide bonds. The first-order valence-corrected chi connectivity index (χ1v) is 7.51. The number of pyridine rings is 1.